The van der Waals surface area contributed by atoms with Gasteiger partial charge in [-0.15, -0.1) is 0 Å². The predicted molar refractivity (Wildman–Crippen MR) is 105 cm³/mol. The summed E-state index contributed by atoms with van der Waals surface area (Å²) in [7, 11) is 1.80. The number of nitrogens with one attached hydrogen (secondary N) is 1. The molecule has 1 aromatic heterocycles. The number of fused-ring (bicyclic) bond motifs is 2. The van der Waals surface area contributed by atoms with Gasteiger partial charge in [0.2, 0.25) is 5.91 Å². The minimum atomic E-state index is -1.09. The van der Waals surface area contributed by atoms with Crippen LogP contribution in [-0.2, 0) is 17.3 Å². The Balaban J connectivity index is 1.67. The van der Waals surface area contributed by atoms with Crippen LogP contribution in [-0.4, -0.2) is 32.8 Å². The van der Waals surface area contributed by atoms with E-state index in [0.29, 0.717) is 17.9 Å². The Bertz CT molecular complexity index is 1190. The molecule has 2 atom stereocenters. The summed E-state index contributed by atoms with van der Waals surface area (Å²) in [5.74, 6) is -2.23. The van der Waals surface area contributed by atoms with Gasteiger partial charge in [-0.05, 0) is 36.2 Å². The van der Waals surface area contributed by atoms with E-state index >= 15 is 0 Å². The van der Waals surface area contributed by atoms with Crippen LogP contribution in [0.4, 0.5) is 14.5 Å². The molecule has 3 heterocycles. The highest BCUT2D eigenvalue weighted by molar-refractivity contribution is 6.08. The molecule has 0 bridgehead atoms. The summed E-state index contributed by atoms with van der Waals surface area (Å²) < 4.78 is 28.9. The molecule has 1 saturated heterocycles. The quantitative estimate of drug-likeness (QED) is 0.708. The monoisotopic (exact) mass is 408 g/mol. The number of likely N-dealkylation sites (tertiary alicyclic amines) is 1. The predicted octanol–water partition coefficient (Wildman–Crippen LogP) is 3.18. The van der Waals surface area contributed by atoms with Gasteiger partial charge >= 0.3 is 0 Å². The van der Waals surface area contributed by atoms with Gasteiger partial charge in [-0.3, -0.25) is 9.59 Å². The van der Waals surface area contributed by atoms with E-state index in [2.05, 4.69) is 10.3 Å². The van der Waals surface area contributed by atoms with Crippen molar-refractivity contribution in [3.8, 4) is 0 Å². The van der Waals surface area contributed by atoms with Crippen molar-refractivity contribution >= 4 is 17.5 Å². The van der Waals surface area contributed by atoms with Crippen LogP contribution in [0.3, 0.4) is 0 Å². The van der Waals surface area contributed by atoms with Gasteiger partial charge in [0.15, 0.2) is 11.6 Å². The molecule has 1 N–H and O–H groups in total. The lowest BCUT2D eigenvalue weighted by molar-refractivity contribution is -0.121. The fraction of sp³-hybridized carbons (Fsp3) is 0.227. The number of nitrogens with zero attached hydrogens (tertiary/aromatic N) is 3. The van der Waals surface area contributed by atoms with E-state index in [4.69, 9.17) is 0 Å². The molecule has 2 aliphatic heterocycles. The molecule has 0 saturated carbocycles. The van der Waals surface area contributed by atoms with E-state index in [1.807, 2.05) is 24.3 Å². The Kier molecular flexibility index (Phi) is 3.99. The van der Waals surface area contributed by atoms with Crippen molar-refractivity contribution in [1.29, 1.82) is 0 Å². The Morgan fingerprint density at radius 3 is 2.73 bits per heavy atom. The third-order valence-electron chi connectivity index (χ3n) is 6.12. The number of rotatable bonds is 2. The van der Waals surface area contributed by atoms with Crippen molar-refractivity contribution in [2.45, 2.75) is 17.9 Å². The van der Waals surface area contributed by atoms with Gasteiger partial charge in [-0.2, -0.15) is 0 Å². The molecule has 8 heteroatoms. The number of benzene rings is 2. The summed E-state index contributed by atoms with van der Waals surface area (Å²) in [6.07, 6.45) is 3.75. The minimum absolute atomic E-state index is 0.0249. The number of anilines is 1. The molecular weight excluding hydrogens is 390 g/mol. The zero-order chi connectivity index (χ0) is 21.0. The second kappa shape index (κ2) is 6.48. The van der Waals surface area contributed by atoms with Crippen LogP contribution in [0.15, 0.2) is 54.9 Å². The maximum absolute atomic E-state index is 13.8. The number of amides is 2. The molecule has 30 heavy (non-hydrogen) atoms. The average Bonchev–Trinajstić information content (AvgIpc) is 3.41. The third kappa shape index (κ3) is 2.43. The lowest BCUT2D eigenvalue weighted by Gasteiger charge is -2.33. The smallest absolute Gasteiger partial charge is 0.254 e. The van der Waals surface area contributed by atoms with Crippen LogP contribution in [0.5, 0.6) is 0 Å². The topological polar surface area (TPSA) is 67.2 Å². The summed E-state index contributed by atoms with van der Waals surface area (Å²) in [4.78, 5) is 32.6. The molecule has 152 valence electrons. The van der Waals surface area contributed by atoms with Gasteiger partial charge < -0.3 is 14.8 Å². The number of carbonyl (C=O) groups excluding carboxylic acids is 2. The highest BCUT2D eigenvalue weighted by atomic mass is 19.2. The number of aromatic nitrogens is 2. The molecule has 1 spiro atoms. The van der Waals surface area contributed by atoms with Crippen LogP contribution >= 0.6 is 0 Å². The Morgan fingerprint density at radius 2 is 2.00 bits per heavy atom. The first-order valence-electron chi connectivity index (χ1n) is 9.57. The van der Waals surface area contributed by atoms with E-state index in [9.17, 15) is 18.4 Å². The maximum Gasteiger partial charge on any atom is 0.254 e. The van der Waals surface area contributed by atoms with Crippen molar-refractivity contribution in [2.75, 3.05) is 11.9 Å². The van der Waals surface area contributed by atoms with Gasteiger partial charge in [0.25, 0.3) is 5.91 Å². The van der Waals surface area contributed by atoms with Crippen LogP contribution in [0, 0.1) is 11.6 Å². The maximum atomic E-state index is 13.8. The van der Waals surface area contributed by atoms with Gasteiger partial charge in [-0.25, -0.2) is 13.8 Å². The molecule has 2 aliphatic rings. The zero-order valence-corrected chi connectivity index (χ0v) is 16.1. The molecule has 3 aromatic rings. The van der Waals surface area contributed by atoms with E-state index in [1.165, 1.54) is 11.0 Å². The highest BCUT2D eigenvalue weighted by Gasteiger charge is 2.60. The third-order valence-corrected chi connectivity index (χ3v) is 6.12. The average molecular weight is 408 g/mol. The minimum Gasteiger partial charge on any atom is -0.336 e. The normalized spacial score (nSPS) is 22.4. The lowest BCUT2D eigenvalue weighted by Crippen LogP contribution is -2.43. The number of carbonyl (C=O) groups is 2. The second-order valence-corrected chi connectivity index (χ2v) is 7.65. The zero-order valence-electron chi connectivity index (χ0n) is 16.1. The van der Waals surface area contributed by atoms with Gasteiger partial charge in [0.05, 0.1) is 0 Å². The number of aryl methyl sites for hydroxylation is 1. The number of halogens is 2. The SMILES string of the molecule is Cn1ccnc1[C@@H]1N(C(=O)c2ccc(F)c(F)c2)CC[C@]12C(=O)Nc1ccccc12. The fourth-order valence-corrected chi connectivity index (χ4v) is 4.70. The van der Waals surface area contributed by atoms with Crippen LogP contribution < -0.4 is 5.32 Å². The summed E-state index contributed by atoms with van der Waals surface area (Å²) in [5, 5.41) is 2.93. The number of imidazole rings is 1. The lowest BCUT2D eigenvalue weighted by atomic mass is 9.74. The summed E-state index contributed by atoms with van der Waals surface area (Å²) in [6, 6.07) is 9.79. The molecular formula is C22H18F2N4O2. The fourth-order valence-electron chi connectivity index (χ4n) is 4.70. The summed E-state index contributed by atoms with van der Waals surface area (Å²) in [6.45, 7) is 0.275. The van der Waals surface area contributed by atoms with Crippen molar-refractivity contribution in [1.82, 2.24) is 14.5 Å². The van der Waals surface area contributed by atoms with Crippen LogP contribution in [0.1, 0.15) is 34.2 Å². The summed E-state index contributed by atoms with van der Waals surface area (Å²) in [5.41, 5.74) is 0.536. The van der Waals surface area contributed by atoms with E-state index in [1.54, 1.807) is 24.0 Å². The molecule has 6 nitrogen and oxygen atoms in total. The first kappa shape index (κ1) is 18.5. The molecule has 2 aromatic carbocycles. The van der Waals surface area contributed by atoms with Gasteiger partial charge in [-0.1, -0.05) is 18.2 Å². The summed E-state index contributed by atoms with van der Waals surface area (Å²) >= 11 is 0. The number of hydrogen-bond donors (Lipinski definition) is 1. The molecule has 1 fully saturated rings. The number of para-hydroxylation sites is 1. The molecule has 0 unspecified atom stereocenters. The Hall–Kier alpha value is -3.55. The largest absolute Gasteiger partial charge is 0.336 e. The van der Waals surface area contributed by atoms with Crippen molar-refractivity contribution in [3.05, 3.63) is 83.4 Å². The molecule has 2 amide bonds. The highest BCUT2D eigenvalue weighted by Crippen LogP contribution is 2.54. The number of hydrogen-bond acceptors (Lipinski definition) is 3. The Morgan fingerprint density at radius 1 is 1.20 bits per heavy atom. The van der Waals surface area contributed by atoms with E-state index < -0.39 is 29.0 Å². The van der Waals surface area contributed by atoms with Crippen LogP contribution in [0.2, 0.25) is 0 Å². The second-order valence-electron chi connectivity index (χ2n) is 7.65. The molecule has 0 radical (unpaired) electrons. The van der Waals surface area contributed by atoms with Gasteiger partial charge in [0, 0.05) is 37.2 Å². The molecule has 0 aliphatic carbocycles. The van der Waals surface area contributed by atoms with E-state index in [-0.39, 0.29) is 18.0 Å². The van der Waals surface area contributed by atoms with Crippen molar-refractivity contribution < 1.29 is 18.4 Å². The van der Waals surface area contributed by atoms with Gasteiger partial charge in [0.1, 0.15) is 17.3 Å². The standard InChI is InChI=1S/C22H18F2N4O2/c1-27-11-9-25-19(27)18-22(14-4-2-3-5-17(14)26-21(22)30)8-10-28(18)20(29)13-6-7-15(23)16(24)12-13/h2-7,9,11-12,18H,8,10H2,1H3,(H,26,30)/t18-,22+/m0/s1. The van der Waals surface area contributed by atoms with Crippen molar-refractivity contribution in [2.24, 2.45) is 7.05 Å². The first-order chi connectivity index (χ1) is 14.4. The van der Waals surface area contributed by atoms with Crippen LogP contribution in [0.25, 0.3) is 0 Å². The Labute approximate surface area is 171 Å². The van der Waals surface area contributed by atoms with Crippen molar-refractivity contribution in [3.63, 3.8) is 0 Å². The van der Waals surface area contributed by atoms with E-state index in [0.717, 1.165) is 17.7 Å². The molecule has 5 rings (SSSR count). The first-order valence-corrected chi connectivity index (χ1v) is 9.57.